The second-order valence-electron chi connectivity index (χ2n) is 8.36. The lowest BCUT2D eigenvalue weighted by Gasteiger charge is -2.26. The second-order valence-corrected chi connectivity index (χ2v) is 8.36. The molecule has 1 aliphatic rings. The van der Waals surface area contributed by atoms with Crippen molar-refractivity contribution in [3.05, 3.63) is 89.0 Å². The molecule has 0 aromatic heterocycles. The normalized spacial score (nSPS) is 14.4. The van der Waals surface area contributed by atoms with Gasteiger partial charge in [0.05, 0.1) is 12.8 Å². The number of imide groups is 2. The number of amides is 5. The molecule has 9 nitrogen and oxygen atoms in total. The van der Waals surface area contributed by atoms with E-state index in [0.717, 1.165) is 10.5 Å². The molecule has 0 bridgehead atoms. The van der Waals surface area contributed by atoms with Gasteiger partial charge in [0.1, 0.15) is 23.7 Å². The van der Waals surface area contributed by atoms with Crippen LogP contribution >= 0.6 is 0 Å². The van der Waals surface area contributed by atoms with Crippen molar-refractivity contribution >= 4 is 41.2 Å². The molecule has 1 saturated heterocycles. The predicted octanol–water partition coefficient (Wildman–Crippen LogP) is 4.21. The van der Waals surface area contributed by atoms with E-state index in [4.69, 9.17) is 9.47 Å². The van der Waals surface area contributed by atoms with Gasteiger partial charge in [-0.3, -0.25) is 19.7 Å². The maximum absolute atomic E-state index is 13.1. The van der Waals surface area contributed by atoms with Crippen LogP contribution in [0.1, 0.15) is 23.6 Å². The first-order chi connectivity index (χ1) is 17.7. The highest BCUT2D eigenvalue weighted by atomic mass is 16.5. The molecule has 0 atom stereocenters. The highest BCUT2D eigenvalue weighted by molar-refractivity contribution is 6.39. The second kappa shape index (κ2) is 10.8. The summed E-state index contributed by atoms with van der Waals surface area (Å²) in [6.07, 6.45) is 1.43. The molecule has 5 amide bonds. The maximum Gasteiger partial charge on any atom is 0.335 e. The molecule has 0 radical (unpaired) electrons. The third-order valence-electron chi connectivity index (χ3n) is 5.58. The largest absolute Gasteiger partial charge is 0.496 e. The number of hydrogen-bond donors (Lipinski definition) is 2. The molecule has 1 aliphatic heterocycles. The number of nitrogens with one attached hydrogen (secondary N) is 2. The van der Waals surface area contributed by atoms with Crippen LogP contribution in [0, 0.1) is 6.92 Å². The van der Waals surface area contributed by atoms with Crippen molar-refractivity contribution in [3.8, 4) is 11.5 Å². The number of anilines is 2. The molecular formula is C28H25N3O6. The Morgan fingerprint density at radius 3 is 2.35 bits per heavy atom. The van der Waals surface area contributed by atoms with E-state index in [1.807, 2.05) is 6.92 Å². The first kappa shape index (κ1) is 25.2. The summed E-state index contributed by atoms with van der Waals surface area (Å²) in [6.45, 7) is 3.47. The van der Waals surface area contributed by atoms with Crippen LogP contribution in [0.25, 0.3) is 6.08 Å². The minimum atomic E-state index is -0.802. The van der Waals surface area contributed by atoms with Crippen LogP contribution in [0.2, 0.25) is 0 Å². The van der Waals surface area contributed by atoms with Gasteiger partial charge >= 0.3 is 6.03 Å². The fraction of sp³-hybridized carbons (Fsp3) is 0.143. The van der Waals surface area contributed by atoms with E-state index in [-0.39, 0.29) is 18.1 Å². The lowest BCUT2D eigenvalue weighted by atomic mass is 10.0. The zero-order valence-electron chi connectivity index (χ0n) is 20.5. The molecule has 9 heteroatoms. The Kier molecular flexibility index (Phi) is 7.34. The molecule has 3 aromatic rings. The molecular weight excluding hydrogens is 474 g/mol. The number of carbonyl (C=O) groups is 4. The zero-order valence-corrected chi connectivity index (χ0v) is 20.5. The molecule has 0 spiro atoms. The number of benzene rings is 3. The molecule has 0 aliphatic carbocycles. The average molecular weight is 500 g/mol. The standard InChI is InChI=1S/C28H25N3O6/c1-17-4-9-22(10-5-17)31-27(34)24(26(33)30-28(31)35)15-19-6-13-25(36-3)20(14-19)16-37-23-11-7-21(8-12-23)29-18(2)32/h4-15H,16H2,1-3H3,(H,29,32)(H,30,33,35)/b24-15+. The van der Waals surface area contributed by atoms with Crippen LogP contribution in [0.4, 0.5) is 16.2 Å². The number of aryl methyl sites for hydroxylation is 1. The van der Waals surface area contributed by atoms with Crippen LogP contribution in [-0.4, -0.2) is 30.9 Å². The van der Waals surface area contributed by atoms with E-state index in [9.17, 15) is 19.2 Å². The minimum absolute atomic E-state index is 0.147. The minimum Gasteiger partial charge on any atom is -0.496 e. The Morgan fingerprint density at radius 1 is 1.00 bits per heavy atom. The van der Waals surface area contributed by atoms with Gasteiger partial charge in [-0.15, -0.1) is 0 Å². The van der Waals surface area contributed by atoms with E-state index in [1.165, 1.54) is 20.1 Å². The number of barbiturate groups is 1. The van der Waals surface area contributed by atoms with Gasteiger partial charge in [0.25, 0.3) is 11.8 Å². The SMILES string of the molecule is COc1ccc(/C=C2\C(=O)NC(=O)N(c3ccc(C)cc3)C2=O)cc1COc1ccc(NC(C)=O)cc1. The molecule has 0 saturated carbocycles. The van der Waals surface area contributed by atoms with Crippen LogP contribution in [0.5, 0.6) is 11.5 Å². The monoisotopic (exact) mass is 499 g/mol. The first-order valence-electron chi connectivity index (χ1n) is 11.4. The summed E-state index contributed by atoms with van der Waals surface area (Å²) >= 11 is 0. The fourth-order valence-corrected chi connectivity index (χ4v) is 3.75. The first-order valence-corrected chi connectivity index (χ1v) is 11.4. The van der Waals surface area contributed by atoms with E-state index >= 15 is 0 Å². The van der Waals surface area contributed by atoms with E-state index in [0.29, 0.717) is 34.0 Å². The maximum atomic E-state index is 13.1. The molecule has 1 heterocycles. The van der Waals surface area contributed by atoms with E-state index in [1.54, 1.807) is 66.7 Å². The summed E-state index contributed by atoms with van der Waals surface area (Å²) < 4.78 is 11.3. The van der Waals surface area contributed by atoms with Crippen LogP contribution in [-0.2, 0) is 21.0 Å². The number of rotatable bonds is 7. The lowest BCUT2D eigenvalue weighted by molar-refractivity contribution is -0.122. The Morgan fingerprint density at radius 2 is 1.70 bits per heavy atom. The van der Waals surface area contributed by atoms with Crippen molar-refractivity contribution in [2.45, 2.75) is 20.5 Å². The van der Waals surface area contributed by atoms with Gasteiger partial charge in [0.2, 0.25) is 5.91 Å². The van der Waals surface area contributed by atoms with Gasteiger partial charge in [-0.2, -0.15) is 0 Å². The molecule has 3 aromatic carbocycles. The van der Waals surface area contributed by atoms with Gasteiger partial charge in [-0.05, 0) is 67.1 Å². The number of urea groups is 1. The van der Waals surface area contributed by atoms with Crippen molar-refractivity contribution in [1.29, 1.82) is 0 Å². The number of carbonyl (C=O) groups excluding carboxylic acids is 4. The molecule has 188 valence electrons. The summed E-state index contributed by atoms with van der Waals surface area (Å²) in [5.41, 5.74) is 3.04. The van der Waals surface area contributed by atoms with Crippen molar-refractivity contribution < 1.29 is 28.7 Å². The zero-order chi connectivity index (χ0) is 26.5. The molecule has 4 rings (SSSR count). The Bertz CT molecular complexity index is 1390. The number of methoxy groups -OCH3 is 1. The summed E-state index contributed by atoms with van der Waals surface area (Å²) in [6, 6.07) is 18.1. The van der Waals surface area contributed by atoms with Crippen molar-refractivity contribution in [2.24, 2.45) is 0 Å². The smallest absolute Gasteiger partial charge is 0.335 e. The third kappa shape index (κ3) is 5.84. The summed E-state index contributed by atoms with van der Waals surface area (Å²) in [4.78, 5) is 50.2. The van der Waals surface area contributed by atoms with Gasteiger partial charge in [0, 0.05) is 18.2 Å². The van der Waals surface area contributed by atoms with Gasteiger partial charge in [0.15, 0.2) is 0 Å². The quantitative estimate of drug-likeness (QED) is 0.372. The highest BCUT2D eigenvalue weighted by Crippen LogP contribution is 2.26. The van der Waals surface area contributed by atoms with Gasteiger partial charge in [-0.1, -0.05) is 23.8 Å². The van der Waals surface area contributed by atoms with Crippen LogP contribution < -0.4 is 25.0 Å². The van der Waals surface area contributed by atoms with E-state index < -0.39 is 17.8 Å². The third-order valence-corrected chi connectivity index (χ3v) is 5.58. The molecule has 1 fully saturated rings. The highest BCUT2D eigenvalue weighted by Gasteiger charge is 2.36. The van der Waals surface area contributed by atoms with Gasteiger partial charge < -0.3 is 14.8 Å². The molecule has 0 unspecified atom stereocenters. The topological polar surface area (TPSA) is 114 Å². The Hall–Kier alpha value is -4.92. The summed E-state index contributed by atoms with van der Waals surface area (Å²) in [5, 5.41) is 4.92. The summed E-state index contributed by atoms with van der Waals surface area (Å²) in [7, 11) is 1.53. The van der Waals surface area contributed by atoms with Crippen LogP contribution in [0.15, 0.2) is 72.3 Å². The Labute approximate surface area is 213 Å². The number of ether oxygens (including phenoxy) is 2. The van der Waals surface area contributed by atoms with Gasteiger partial charge in [-0.25, -0.2) is 9.69 Å². The average Bonchev–Trinajstić information content (AvgIpc) is 2.87. The van der Waals surface area contributed by atoms with Crippen molar-refractivity contribution in [2.75, 3.05) is 17.3 Å². The van der Waals surface area contributed by atoms with E-state index in [2.05, 4.69) is 10.6 Å². The molecule has 37 heavy (non-hydrogen) atoms. The van der Waals surface area contributed by atoms with Crippen molar-refractivity contribution in [1.82, 2.24) is 5.32 Å². The predicted molar refractivity (Wildman–Crippen MR) is 138 cm³/mol. The van der Waals surface area contributed by atoms with Crippen LogP contribution in [0.3, 0.4) is 0 Å². The lowest BCUT2D eigenvalue weighted by Crippen LogP contribution is -2.54. The summed E-state index contributed by atoms with van der Waals surface area (Å²) in [5.74, 6) is -0.514. The number of nitrogens with zero attached hydrogens (tertiary/aromatic N) is 1. The number of hydrogen-bond acceptors (Lipinski definition) is 6. The van der Waals surface area contributed by atoms with Crippen molar-refractivity contribution in [3.63, 3.8) is 0 Å². The Balaban J connectivity index is 1.57. The molecule has 2 N–H and O–H groups in total. The fourth-order valence-electron chi connectivity index (χ4n) is 3.75.